The Morgan fingerprint density at radius 3 is 3.00 bits per heavy atom. The van der Waals surface area contributed by atoms with Crippen LogP contribution in [0.4, 0.5) is 0 Å². The molecule has 15 heavy (non-hydrogen) atoms. The number of rotatable bonds is 7. The summed E-state index contributed by atoms with van der Waals surface area (Å²) in [6.45, 7) is 3.67. The molecule has 0 saturated heterocycles. The Morgan fingerprint density at radius 2 is 2.40 bits per heavy atom. The minimum atomic E-state index is -0.205. The second-order valence-corrected chi connectivity index (χ2v) is 3.92. The van der Waals surface area contributed by atoms with Gasteiger partial charge in [-0.3, -0.25) is 4.68 Å². The molecule has 4 nitrogen and oxygen atoms in total. The second kappa shape index (κ2) is 6.58. The van der Waals surface area contributed by atoms with Crippen molar-refractivity contribution >= 4 is 0 Å². The lowest BCUT2D eigenvalue weighted by Crippen LogP contribution is -2.28. The van der Waals surface area contributed by atoms with Crippen LogP contribution in [0.3, 0.4) is 0 Å². The van der Waals surface area contributed by atoms with E-state index >= 15 is 0 Å². The third kappa shape index (κ3) is 4.95. The average molecular weight is 211 g/mol. The molecule has 0 aliphatic heterocycles. The normalized spacial score (nSPS) is 13.0. The molecule has 0 aliphatic rings. The molecule has 0 amide bonds. The molecule has 0 radical (unpaired) electrons. The molecule has 0 aromatic carbocycles. The van der Waals surface area contributed by atoms with Gasteiger partial charge in [0.05, 0.1) is 12.3 Å². The molecule has 1 rings (SSSR count). The van der Waals surface area contributed by atoms with Crippen molar-refractivity contribution in [3.63, 3.8) is 0 Å². The molecule has 1 heterocycles. The SMILES string of the molecule is CCCC(O)CNCCc1cnn(C)c1. The monoisotopic (exact) mass is 211 g/mol. The molecule has 4 heteroatoms. The Bertz CT molecular complexity index is 273. The predicted molar refractivity (Wildman–Crippen MR) is 60.7 cm³/mol. The fourth-order valence-electron chi connectivity index (χ4n) is 1.54. The highest BCUT2D eigenvalue weighted by Crippen LogP contribution is 1.97. The Labute approximate surface area is 91.3 Å². The van der Waals surface area contributed by atoms with Crippen LogP contribution < -0.4 is 5.32 Å². The van der Waals surface area contributed by atoms with Crippen molar-refractivity contribution in [2.45, 2.75) is 32.3 Å². The van der Waals surface area contributed by atoms with E-state index in [2.05, 4.69) is 17.3 Å². The first-order valence-corrected chi connectivity index (χ1v) is 5.58. The number of aryl methyl sites for hydroxylation is 1. The average Bonchev–Trinajstić information content (AvgIpc) is 2.60. The van der Waals surface area contributed by atoms with Crippen LogP contribution in [0.25, 0.3) is 0 Å². The number of nitrogens with zero attached hydrogens (tertiary/aromatic N) is 2. The van der Waals surface area contributed by atoms with E-state index < -0.39 is 0 Å². The van der Waals surface area contributed by atoms with Crippen LogP contribution in [-0.2, 0) is 13.5 Å². The standard InChI is InChI=1S/C11H21N3O/c1-3-4-11(15)8-12-6-5-10-7-13-14(2)9-10/h7,9,11-12,15H,3-6,8H2,1-2H3. The number of aliphatic hydroxyl groups is 1. The smallest absolute Gasteiger partial charge is 0.0664 e. The summed E-state index contributed by atoms with van der Waals surface area (Å²) >= 11 is 0. The first-order valence-electron chi connectivity index (χ1n) is 5.58. The van der Waals surface area contributed by atoms with Gasteiger partial charge in [0, 0.05) is 19.8 Å². The lowest BCUT2D eigenvalue weighted by atomic mass is 10.2. The van der Waals surface area contributed by atoms with Gasteiger partial charge < -0.3 is 10.4 Å². The van der Waals surface area contributed by atoms with Gasteiger partial charge in [0.15, 0.2) is 0 Å². The quantitative estimate of drug-likeness (QED) is 0.653. The van der Waals surface area contributed by atoms with Gasteiger partial charge in [-0.25, -0.2) is 0 Å². The molecule has 1 unspecified atom stereocenters. The lowest BCUT2D eigenvalue weighted by molar-refractivity contribution is 0.161. The molecular formula is C11H21N3O. The van der Waals surface area contributed by atoms with E-state index in [1.54, 1.807) is 4.68 Å². The molecule has 0 aliphatic carbocycles. The van der Waals surface area contributed by atoms with Crippen molar-refractivity contribution < 1.29 is 5.11 Å². The number of aromatic nitrogens is 2. The van der Waals surface area contributed by atoms with Crippen LogP contribution in [0.1, 0.15) is 25.3 Å². The first-order chi connectivity index (χ1) is 7.22. The molecule has 0 spiro atoms. The third-order valence-electron chi connectivity index (χ3n) is 2.35. The maximum Gasteiger partial charge on any atom is 0.0664 e. The summed E-state index contributed by atoms with van der Waals surface area (Å²) in [4.78, 5) is 0. The van der Waals surface area contributed by atoms with E-state index in [-0.39, 0.29) is 6.10 Å². The van der Waals surface area contributed by atoms with Gasteiger partial charge in [0.2, 0.25) is 0 Å². The Kier molecular flexibility index (Phi) is 5.36. The third-order valence-corrected chi connectivity index (χ3v) is 2.35. The van der Waals surface area contributed by atoms with Crippen molar-refractivity contribution in [2.75, 3.05) is 13.1 Å². The van der Waals surface area contributed by atoms with Crippen molar-refractivity contribution in [3.8, 4) is 0 Å². The molecule has 0 fully saturated rings. The molecule has 0 bridgehead atoms. The largest absolute Gasteiger partial charge is 0.392 e. The molecule has 1 aromatic heterocycles. The molecule has 86 valence electrons. The number of hydrogen-bond donors (Lipinski definition) is 2. The van der Waals surface area contributed by atoms with E-state index in [4.69, 9.17) is 0 Å². The maximum absolute atomic E-state index is 9.47. The number of nitrogens with one attached hydrogen (secondary N) is 1. The Hall–Kier alpha value is -0.870. The molecule has 2 N–H and O–H groups in total. The van der Waals surface area contributed by atoms with Gasteiger partial charge in [0.25, 0.3) is 0 Å². The van der Waals surface area contributed by atoms with E-state index in [9.17, 15) is 5.11 Å². The highest BCUT2D eigenvalue weighted by Gasteiger charge is 2.01. The van der Waals surface area contributed by atoms with Crippen molar-refractivity contribution in [2.24, 2.45) is 7.05 Å². The molecule has 1 atom stereocenters. The molecular weight excluding hydrogens is 190 g/mol. The summed E-state index contributed by atoms with van der Waals surface area (Å²) in [5.41, 5.74) is 1.23. The summed E-state index contributed by atoms with van der Waals surface area (Å²) in [7, 11) is 1.92. The fraction of sp³-hybridized carbons (Fsp3) is 0.727. The minimum absolute atomic E-state index is 0.205. The van der Waals surface area contributed by atoms with Crippen molar-refractivity contribution in [3.05, 3.63) is 18.0 Å². The predicted octanol–water partition coefficient (Wildman–Crippen LogP) is 0.713. The van der Waals surface area contributed by atoms with Crippen LogP contribution >= 0.6 is 0 Å². The van der Waals surface area contributed by atoms with Crippen LogP contribution in [0, 0.1) is 0 Å². The molecule has 1 aromatic rings. The minimum Gasteiger partial charge on any atom is -0.392 e. The van der Waals surface area contributed by atoms with E-state index in [0.717, 1.165) is 25.8 Å². The zero-order chi connectivity index (χ0) is 11.1. The van der Waals surface area contributed by atoms with E-state index in [0.29, 0.717) is 6.54 Å². The van der Waals surface area contributed by atoms with Crippen molar-refractivity contribution in [1.82, 2.24) is 15.1 Å². The topological polar surface area (TPSA) is 50.1 Å². The van der Waals surface area contributed by atoms with Crippen molar-refractivity contribution in [1.29, 1.82) is 0 Å². The van der Waals surface area contributed by atoms with Gasteiger partial charge in [0.1, 0.15) is 0 Å². The lowest BCUT2D eigenvalue weighted by Gasteiger charge is -2.09. The van der Waals surface area contributed by atoms with Gasteiger partial charge in [-0.1, -0.05) is 13.3 Å². The van der Waals surface area contributed by atoms with E-state index in [1.807, 2.05) is 19.4 Å². The number of hydrogen-bond acceptors (Lipinski definition) is 3. The summed E-state index contributed by atoms with van der Waals surface area (Å²) in [5, 5.41) is 16.8. The zero-order valence-corrected chi connectivity index (χ0v) is 9.61. The summed E-state index contributed by atoms with van der Waals surface area (Å²) in [6, 6.07) is 0. The highest BCUT2D eigenvalue weighted by atomic mass is 16.3. The first kappa shape index (κ1) is 12.2. The molecule has 0 saturated carbocycles. The van der Waals surface area contributed by atoms with E-state index in [1.165, 1.54) is 5.56 Å². The van der Waals surface area contributed by atoms with Gasteiger partial charge >= 0.3 is 0 Å². The Morgan fingerprint density at radius 1 is 1.60 bits per heavy atom. The van der Waals surface area contributed by atoms with Gasteiger partial charge in [-0.15, -0.1) is 0 Å². The van der Waals surface area contributed by atoms with Crippen LogP contribution in [-0.4, -0.2) is 34.1 Å². The maximum atomic E-state index is 9.47. The second-order valence-electron chi connectivity index (χ2n) is 3.92. The van der Waals surface area contributed by atoms with Crippen LogP contribution in [0.15, 0.2) is 12.4 Å². The summed E-state index contributed by atoms with van der Waals surface area (Å²) < 4.78 is 1.81. The summed E-state index contributed by atoms with van der Waals surface area (Å²) in [5.74, 6) is 0. The number of aliphatic hydroxyl groups excluding tert-OH is 1. The summed E-state index contributed by atoms with van der Waals surface area (Å²) in [6.07, 6.45) is 6.57. The van der Waals surface area contributed by atoms with Gasteiger partial charge in [-0.2, -0.15) is 5.10 Å². The highest BCUT2D eigenvalue weighted by molar-refractivity contribution is 5.03. The van der Waals surface area contributed by atoms with Crippen LogP contribution in [0.5, 0.6) is 0 Å². The Balaban J connectivity index is 2.06. The van der Waals surface area contributed by atoms with Crippen LogP contribution in [0.2, 0.25) is 0 Å². The zero-order valence-electron chi connectivity index (χ0n) is 9.61. The fourth-order valence-corrected chi connectivity index (χ4v) is 1.54. The van der Waals surface area contributed by atoms with Gasteiger partial charge in [-0.05, 0) is 24.9 Å².